The standard InChI is InChI=1S/C22H17F3N2O2/c1-27(19-11-3-2-4-12-19)21(29)16-8-5-7-15(13-16)20(28)26-18-10-6-9-17(14-18)22(23,24)25/h2-14H,1H3,(H,26,28). The van der Waals surface area contributed by atoms with Gasteiger partial charge in [-0.15, -0.1) is 0 Å². The number of hydrogen-bond donors (Lipinski definition) is 1. The van der Waals surface area contributed by atoms with Crippen LogP contribution in [-0.4, -0.2) is 18.9 Å². The van der Waals surface area contributed by atoms with Gasteiger partial charge in [-0.25, -0.2) is 0 Å². The van der Waals surface area contributed by atoms with Crippen molar-refractivity contribution in [3.63, 3.8) is 0 Å². The number of anilines is 2. The fourth-order valence-corrected chi connectivity index (χ4v) is 2.73. The van der Waals surface area contributed by atoms with E-state index in [0.29, 0.717) is 5.69 Å². The van der Waals surface area contributed by atoms with E-state index in [2.05, 4.69) is 5.32 Å². The number of hydrogen-bond acceptors (Lipinski definition) is 2. The minimum absolute atomic E-state index is 0.0166. The Hall–Kier alpha value is -3.61. The lowest BCUT2D eigenvalue weighted by Gasteiger charge is -2.17. The number of carbonyl (C=O) groups is 2. The van der Waals surface area contributed by atoms with Crippen molar-refractivity contribution >= 4 is 23.2 Å². The average Bonchev–Trinajstić information content (AvgIpc) is 2.73. The number of halogens is 3. The van der Waals surface area contributed by atoms with Crippen molar-refractivity contribution < 1.29 is 22.8 Å². The zero-order valence-corrected chi connectivity index (χ0v) is 15.4. The highest BCUT2D eigenvalue weighted by Gasteiger charge is 2.30. The SMILES string of the molecule is CN(C(=O)c1cccc(C(=O)Nc2cccc(C(F)(F)F)c2)c1)c1ccccc1. The first kappa shape index (κ1) is 20.1. The van der Waals surface area contributed by atoms with Crippen molar-refractivity contribution in [1.29, 1.82) is 0 Å². The van der Waals surface area contributed by atoms with Gasteiger partial charge in [0.15, 0.2) is 0 Å². The fourth-order valence-electron chi connectivity index (χ4n) is 2.73. The summed E-state index contributed by atoms with van der Waals surface area (Å²) < 4.78 is 38.5. The second kappa shape index (κ2) is 8.18. The molecule has 0 unspecified atom stereocenters. The van der Waals surface area contributed by atoms with E-state index in [0.717, 1.165) is 12.1 Å². The molecule has 7 heteroatoms. The summed E-state index contributed by atoms with van der Waals surface area (Å²) in [7, 11) is 1.62. The molecule has 1 N–H and O–H groups in total. The summed E-state index contributed by atoms with van der Waals surface area (Å²) in [5, 5.41) is 2.43. The topological polar surface area (TPSA) is 49.4 Å². The van der Waals surface area contributed by atoms with Crippen LogP contribution in [0.5, 0.6) is 0 Å². The normalized spacial score (nSPS) is 11.0. The van der Waals surface area contributed by atoms with Gasteiger partial charge in [0, 0.05) is 29.5 Å². The molecule has 0 aliphatic heterocycles. The van der Waals surface area contributed by atoms with Crippen molar-refractivity contribution in [1.82, 2.24) is 0 Å². The molecule has 3 aromatic rings. The third kappa shape index (κ3) is 4.82. The molecular formula is C22H17F3N2O2. The fraction of sp³-hybridized carbons (Fsp3) is 0.0909. The van der Waals surface area contributed by atoms with E-state index in [1.807, 2.05) is 6.07 Å². The molecule has 0 bridgehead atoms. The van der Waals surface area contributed by atoms with Crippen molar-refractivity contribution in [2.75, 3.05) is 17.3 Å². The van der Waals surface area contributed by atoms with Crippen molar-refractivity contribution in [3.05, 3.63) is 95.6 Å². The Morgan fingerprint density at radius 2 is 1.48 bits per heavy atom. The Labute approximate surface area is 165 Å². The number of rotatable bonds is 4. The van der Waals surface area contributed by atoms with Crippen LogP contribution in [0.2, 0.25) is 0 Å². The Morgan fingerprint density at radius 1 is 0.828 bits per heavy atom. The molecule has 0 spiro atoms. The van der Waals surface area contributed by atoms with Gasteiger partial charge in [-0.1, -0.05) is 30.3 Å². The molecular weight excluding hydrogens is 381 g/mol. The van der Waals surface area contributed by atoms with Crippen molar-refractivity contribution in [2.45, 2.75) is 6.18 Å². The van der Waals surface area contributed by atoms with Crippen LogP contribution in [0.3, 0.4) is 0 Å². The van der Waals surface area contributed by atoms with E-state index < -0.39 is 17.6 Å². The first-order chi connectivity index (χ1) is 13.8. The lowest BCUT2D eigenvalue weighted by atomic mass is 10.1. The molecule has 0 atom stereocenters. The van der Waals surface area contributed by atoms with E-state index in [-0.39, 0.29) is 22.7 Å². The minimum Gasteiger partial charge on any atom is -0.322 e. The van der Waals surface area contributed by atoms with Crippen LogP contribution in [0.25, 0.3) is 0 Å². The maximum absolute atomic E-state index is 12.8. The number of amides is 2. The lowest BCUT2D eigenvalue weighted by molar-refractivity contribution is -0.137. The lowest BCUT2D eigenvalue weighted by Crippen LogP contribution is -2.26. The summed E-state index contributed by atoms with van der Waals surface area (Å²) in [5.41, 5.74) is 0.297. The van der Waals surface area contributed by atoms with Gasteiger partial charge in [0.1, 0.15) is 0 Å². The predicted octanol–water partition coefficient (Wildman–Crippen LogP) is 5.23. The maximum atomic E-state index is 12.8. The molecule has 0 saturated carbocycles. The number of carbonyl (C=O) groups excluding carboxylic acids is 2. The van der Waals surface area contributed by atoms with Gasteiger partial charge >= 0.3 is 6.18 Å². The Bertz CT molecular complexity index is 1030. The van der Waals surface area contributed by atoms with E-state index >= 15 is 0 Å². The molecule has 0 radical (unpaired) electrons. The summed E-state index contributed by atoms with van der Waals surface area (Å²) in [6.07, 6.45) is -4.50. The Kier molecular flexibility index (Phi) is 5.68. The van der Waals surface area contributed by atoms with E-state index in [4.69, 9.17) is 0 Å². The first-order valence-electron chi connectivity index (χ1n) is 8.67. The largest absolute Gasteiger partial charge is 0.416 e. The van der Waals surface area contributed by atoms with Crippen LogP contribution >= 0.6 is 0 Å². The van der Waals surface area contributed by atoms with Crippen molar-refractivity contribution in [3.8, 4) is 0 Å². The third-order valence-corrected chi connectivity index (χ3v) is 4.27. The predicted molar refractivity (Wildman–Crippen MR) is 105 cm³/mol. The van der Waals surface area contributed by atoms with Gasteiger partial charge in [0.25, 0.3) is 11.8 Å². The number of nitrogens with zero attached hydrogens (tertiary/aromatic N) is 1. The van der Waals surface area contributed by atoms with Gasteiger partial charge in [0.05, 0.1) is 5.56 Å². The molecule has 148 valence electrons. The van der Waals surface area contributed by atoms with Crippen LogP contribution in [-0.2, 0) is 6.18 Å². The molecule has 3 aromatic carbocycles. The van der Waals surface area contributed by atoms with Crippen LogP contribution in [0, 0.1) is 0 Å². The van der Waals surface area contributed by atoms with E-state index in [1.165, 1.54) is 29.2 Å². The second-order valence-electron chi connectivity index (χ2n) is 6.31. The number of nitrogens with one attached hydrogen (secondary N) is 1. The molecule has 0 fully saturated rings. The average molecular weight is 398 g/mol. The zero-order valence-electron chi connectivity index (χ0n) is 15.4. The monoisotopic (exact) mass is 398 g/mol. The third-order valence-electron chi connectivity index (χ3n) is 4.27. The van der Waals surface area contributed by atoms with E-state index in [1.54, 1.807) is 43.4 Å². The number of alkyl halides is 3. The summed E-state index contributed by atoms with van der Waals surface area (Å²) in [4.78, 5) is 26.6. The molecule has 4 nitrogen and oxygen atoms in total. The first-order valence-corrected chi connectivity index (χ1v) is 8.67. The summed E-state index contributed by atoms with van der Waals surface area (Å²) in [6.45, 7) is 0. The quantitative estimate of drug-likeness (QED) is 0.654. The highest BCUT2D eigenvalue weighted by molar-refractivity contribution is 6.09. The van der Waals surface area contributed by atoms with Crippen LogP contribution in [0.1, 0.15) is 26.3 Å². The van der Waals surface area contributed by atoms with Gasteiger partial charge in [-0.05, 0) is 48.5 Å². The van der Waals surface area contributed by atoms with Crippen LogP contribution in [0.4, 0.5) is 24.5 Å². The molecule has 2 amide bonds. The molecule has 0 saturated heterocycles. The zero-order chi connectivity index (χ0) is 21.0. The minimum atomic E-state index is -4.50. The smallest absolute Gasteiger partial charge is 0.322 e. The highest BCUT2D eigenvalue weighted by atomic mass is 19.4. The second-order valence-corrected chi connectivity index (χ2v) is 6.31. The summed E-state index contributed by atoms with van der Waals surface area (Å²) in [5.74, 6) is -0.925. The summed E-state index contributed by atoms with van der Waals surface area (Å²) >= 11 is 0. The van der Waals surface area contributed by atoms with Crippen molar-refractivity contribution in [2.24, 2.45) is 0 Å². The molecule has 3 rings (SSSR count). The van der Waals surface area contributed by atoms with Gasteiger partial charge < -0.3 is 10.2 Å². The molecule has 29 heavy (non-hydrogen) atoms. The number of benzene rings is 3. The van der Waals surface area contributed by atoms with Gasteiger partial charge in [-0.2, -0.15) is 13.2 Å². The molecule has 0 aromatic heterocycles. The molecule has 0 aliphatic rings. The van der Waals surface area contributed by atoms with Crippen LogP contribution < -0.4 is 10.2 Å². The molecule has 0 heterocycles. The highest BCUT2D eigenvalue weighted by Crippen LogP contribution is 2.30. The number of para-hydroxylation sites is 1. The van der Waals surface area contributed by atoms with Crippen LogP contribution in [0.15, 0.2) is 78.9 Å². The van der Waals surface area contributed by atoms with E-state index in [9.17, 15) is 22.8 Å². The Morgan fingerprint density at radius 3 is 2.17 bits per heavy atom. The van der Waals surface area contributed by atoms with Gasteiger partial charge in [0.2, 0.25) is 0 Å². The molecule has 0 aliphatic carbocycles. The Balaban J connectivity index is 1.79. The maximum Gasteiger partial charge on any atom is 0.416 e. The van der Waals surface area contributed by atoms with Gasteiger partial charge in [-0.3, -0.25) is 9.59 Å². The summed E-state index contributed by atoms with van der Waals surface area (Å²) in [6, 6.07) is 19.4.